The van der Waals surface area contributed by atoms with Gasteiger partial charge in [-0.2, -0.15) is 0 Å². The SMILES string of the molecule is CCOC(=O)C1=C(C)N(c2ccc(C)cc2)C(=O)/C1=C\c1ccc(OCC(=O)Nc2ccccc2Cl)cc1. The summed E-state index contributed by atoms with van der Waals surface area (Å²) >= 11 is 6.07. The van der Waals surface area contributed by atoms with Gasteiger partial charge in [-0.15, -0.1) is 0 Å². The van der Waals surface area contributed by atoms with Gasteiger partial charge < -0.3 is 14.8 Å². The van der Waals surface area contributed by atoms with Crippen molar-refractivity contribution in [1.29, 1.82) is 0 Å². The molecule has 1 heterocycles. The average Bonchev–Trinajstić information content (AvgIpc) is 3.14. The summed E-state index contributed by atoms with van der Waals surface area (Å²) in [6.45, 7) is 5.41. The minimum absolute atomic E-state index is 0.192. The Kier molecular flexibility index (Phi) is 8.28. The van der Waals surface area contributed by atoms with Crippen molar-refractivity contribution in [3.63, 3.8) is 0 Å². The zero-order valence-electron chi connectivity index (χ0n) is 21.3. The molecule has 3 aromatic carbocycles. The highest BCUT2D eigenvalue weighted by molar-refractivity contribution is 6.33. The van der Waals surface area contributed by atoms with Gasteiger partial charge in [0.25, 0.3) is 11.8 Å². The fourth-order valence-corrected chi connectivity index (χ4v) is 4.19. The molecule has 1 aliphatic heterocycles. The number of allylic oxidation sites excluding steroid dienone is 1. The van der Waals surface area contributed by atoms with Gasteiger partial charge in [0, 0.05) is 11.4 Å². The standard InChI is InChI=1S/C30H27ClN2O5/c1-4-37-30(36)28-20(3)33(22-13-9-19(2)10-14-22)29(35)24(28)17-21-11-15-23(16-12-21)38-18-27(34)32-26-8-6-5-7-25(26)31/h5-17H,4,18H2,1-3H3,(H,32,34)/b24-17-. The quantitative estimate of drug-likeness (QED) is 0.288. The number of rotatable bonds is 8. The highest BCUT2D eigenvalue weighted by atomic mass is 35.5. The zero-order valence-corrected chi connectivity index (χ0v) is 22.0. The van der Waals surface area contributed by atoms with Gasteiger partial charge in [-0.25, -0.2) is 4.79 Å². The molecule has 4 rings (SSSR count). The van der Waals surface area contributed by atoms with Crippen molar-refractivity contribution < 1.29 is 23.9 Å². The van der Waals surface area contributed by atoms with Crippen LogP contribution in [0, 0.1) is 6.92 Å². The number of esters is 1. The summed E-state index contributed by atoms with van der Waals surface area (Å²) in [5, 5.41) is 3.14. The number of nitrogens with zero attached hydrogens (tertiary/aromatic N) is 1. The van der Waals surface area contributed by atoms with Crippen LogP contribution in [0.15, 0.2) is 89.6 Å². The van der Waals surface area contributed by atoms with E-state index in [-0.39, 0.29) is 36.2 Å². The first-order valence-electron chi connectivity index (χ1n) is 12.1. The smallest absolute Gasteiger partial charge is 0.340 e. The number of para-hydroxylation sites is 1. The van der Waals surface area contributed by atoms with E-state index in [1.54, 1.807) is 68.5 Å². The normalized spacial score (nSPS) is 14.2. The highest BCUT2D eigenvalue weighted by Gasteiger charge is 2.38. The van der Waals surface area contributed by atoms with Crippen molar-refractivity contribution in [3.05, 3.63) is 106 Å². The lowest BCUT2D eigenvalue weighted by Crippen LogP contribution is -2.24. The Labute approximate surface area is 226 Å². The number of amides is 2. The first-order chi connectivity index (χ1) is 18.3. The van der Waals surface area contributed by atoms with Gasteiger partial charge in [0.1, 0.15) is 5.75 Å². The van der Waals surface area contributed by atoms with Crippen molar-refractivity contribution >= 4 is 46.8 Å². The Morgan fingerprint density at radius 3 is 2.32 bits per heavy atom. The summed E-state index contributed by atoms with van der Waals surface area (Å²) in [6.07, 6.45) is 1.65. The second-order valence-electron chi connectivity index (χ2n) is 8.60. The Morgan fingerprint density at radius 1 is 0.974 bits per heavy atom. The predicted octanol–water partition coefficient (Wildman–Crippen LogP) is 5.93. The molecule has 0 saturated carbocycles. The van der Waals surface area contributed by atoms with Crippen LogP contribution < -0.4 is 15.0 Å². The molecule has 0 bridgehead atoms. The van der Waals surface area contributed by atoms with E-state index in [4.69, 9.17) is 21.1 Å². The van der Waals surface area contributed by atoms with Gasteiger partial charge in [-0.1, -0.05) is 53.6 Å². The number of carbonyl (C=O) groups is 3. The number of anilines is 2. The number of nitrogens with one attached hydrogen (secondary N) is 1. The minimum atomic E-state index is -0.552. The van der Waals surface area contributed by atoms with Crippen molar-refractivity contribution in [2.45, 2.75) is 20.8 Å². The molecule has 0 unspecified atom stereocenters. The van der Waals surface area contributed by atoms with Crippen LogP contribution in [-0.2, 0) is 19.1 Å². The summed E-state index contributed by atoms with van der Waals surface area (Å²) in [6, 6.07) is 21.3. The molecule has 0 atom stereocenters. The fourth-order valence-electron chi connectivity index (χ4n) is 4.01. The van der Waals surface area contributed by atoms with Crippen molar-refractivity contribution in [2.24, 2.45) is 0 Å². The molecule has 38 heavy (non-hydrogen) atoms. The molecular weight excluding hydrogens is 504 g/mol. The molecule has 0 radical (unpaired) electrons. The van der Waals surface area contributed by atoms with Gasteiger partial charge >= 0.3 is 5.97 Å². The van der Waals surface area contributed by atoms with Crippen molar-refractivity contribution in [2.75, 3.05) is 23.4 Å². The second kappa shape index (κ2) is 11.8. The largest absolute Gasteiger partial charge is 0.484 e. The van der Waals surface area contributed by atoms with Crippen LogP contribution in [0.4, 0.5) is 11.4 Å². The third-order valence-electron chi connectivity index (χ3n) is 5.88. The molecule has 1 aliphatic rings. The number of benzene rings is 3. The molecule has 8 heteroatoms. The van der Waals surface area contributed by atoms with Gasteiger partial charge in [-0.05, 0) is 68.8 Å². The van der Waals surface area contributed by atoms with Gasteiger partial charge in [0.2, 0.25) is 0 Å². The third kappa shape index (κ3) is 5.95. The molecule has 2 amide bonds. The van der Waals surface area contributed by atoms with Crippen LogP contribution in [0.5, 0.6) is 5.75 Å². The van der Waals surface area contributed by atoms with E-state index in [0.29, 0.717) is 33.4 Å². The summed E-state index contributed by atoms with van der Waals surface area (Å²) in [4.78, 5) is 40.0. The Balaban J connectivity index is 1.52. The topological polar surface area (TPSA) is 84.9 Å². The molecule has 0 saturated heterocycles. The van der Waals surface area contributed by atoms with E-state index in [0.717, 1.165) is 5.56 Å². The zero-order chi connectivity index (χ0) is 27.2. The summed E-state index contributed by atoms with van der Waals surface area (Å²) in [5.74, 6) is -0.746. The van der Waals surface area contributed by atoms with Gasteiger partial charge in [0.15, 0.2) is 6.61 Å². The predicted molar refractivity (Wildman–Crippen MR) is 148 cm³/mol. The van der Waals surface area contributed by atoms with Crippen molar-refractivity contribution in [1.82, 2.24) is 0 Å². The maximum absolute atomic E-state index is 13.5. The molecule has 0 aromatic heterocycles. The lowest BCUT2D eigenvalue weighted by atomic mass is 10.0. The maximum Gasteiger partial charge on any atom is 0.340 e. The van der Waals surface area contributed by atoms with E-state index in [9.17, 15) is 14.4 Å². The molecule has 0 aliphatic carbocycles. The van der Waals surface area contributed by atoms with Crippen LogP contribution in [0.3, 0.4) is 0 Å². The van der Waals surface area contributed by atoms with E-state index in [2.05, 4.69) is 5.32 Å². The summed E-state index contributed by atoms with van der Waals surface area (Å²) in [5.41, 5.74) is 3.90. The summed E-state index contributed by atoms with van der Waals surface area (Å²) < 4.78 is 10.8. The van der Waals surface area contributed by atoms with Gasteiger partial charge in [-0.3, -0.25) is 14.5 Å². The van der Waals surface area contributed by atoms with Crippen LogP contribution in [0.2, 0.25) is 5.02 Å². The molecular formula is C30H27ClN2O5. The van der Waals surface area contributed by atoms with Crippen LogP contribution in [-0.4, -0.2) is 31.0 Å². The molecule has 194 valence electrons. The lowest BCUT2D eigenvalue weighted by molar-refractivity contribution is -0.138. The number of aryl methyl sites for hydroxylation is 1. The Morgan fingerprint density at radius 2 is 1.66 bits per heavy atom. The second-order valence-corrected chi connectivity index (χ2v) is 9.01. The van der Waals surface area contributed by atoms with Crippen molar-refractivity contribution in [3.8, 4) is 5.75 Å². The average molecular weight is 531 g/mol. The minimum Gasteiger partial charge on any atom is -0.484 e. The maximum atomic E-state index is 13.5. The van der Waals surface area contributed by atoms with Gasteiger partial charge in [0.05, 0.1) is 28.5 Å². The fraction of sp³-hybridized carbons (Fsp3) is 0.167. The number of carbonyl (C=O) groups excluding carboxylic acids is 3. The van der Waals surface area contributed by atoms with Crippen LogP contribution in [0.1, 0.15) is 25.0 Å². The van der Waals surface area contributed by atoms with E-state index in [1.807, 2.05) is 31.2 Å². The molecule has 7 nitrogen and oxygen atoms in total. The number of ether oxygens (including phenoxy) is 2. The third-order valence-corrected chi connectivity index (χ3v) is 6.21. The molecule has 0 spiro atoms. The number of hydrogen-bond acceptors (Lipinski definition) is 5. The van der Waals surface area contributed by atoms with E-state index < -0.39 is 5.97 Å². The molecule has 3 aromatic rings. The Hall–Kier alpha value is -4.36. The lowest BCUT2D eigenvalue weighted by Gasteiger charge is -2.18. The van der Waals surface area contributed by atoms with E-state index >= 15 is 0 Å². The Bertz CT molecular complexity index is 1430. The number of halogens is 1. The van der Waals surface area contributed by atoms with E-state index in [1.165, 1.54) is 4.90 Å². The first-order valence-corrected chi connectivity index (χ1v) is 12.4. The first kappa shape index (κ1) is 26.7. The van der Waals surface area contributed by atoms with Crippen LogP contribution >= 0.6 is 11.6 Å². The monoisotopic (exact) mass is 530 g/mol. The molecule has 1 N–H and O–H groups in total. The highest BCUT2D eigenvalue weighted by Crippen LogP contribution is 2.35. The number of hydrogen-bond donors (Lipinski definition) is 1. The summed E-state index contributed by atoms with van der Waals surface area (Å²) in [7, 11) is 0. The van der Waals surface area contributed by atoms with Crippen LogP contribution in [0.25, 0.3) is 6.08 Å². The molecule has 0 fully saturated rings.